The van der Waals surface area contributed by atoms with Gasteiger partial charge in [0.15, 0.2) is 0 Å². The zero-order chi connectivity index (χ0) is 17.8. The third kappa shape index (κ3) is 4.44. The van der Waals surface area contributed by atoms with Crippen LogP contribution in [0.4, 0.5) is 8.78 Å². The molecule has 0 aliphatic carbocycles. The van der Waals surface area contributed by atoms with Gasteiger partial charge in [0.25, 0.3) is 5.91 Å². The molecule has 2 aromatic carbocycles. The Labute approximate surface area is 154 Å². The maximum Gasteiger partial charge on any atom is 0.256 e. The minimum absolute atomic E-state index is 0.0805. The van der Waals surface area contributed by atoms with E-state index < -0.39 is 5.82 Å². The molecule has 2 aromatic rings. The monoisotopic (exact) mass is 408 g/mol. The molecular weight excluding hydrogens is 390 g/mol. The Morgan fingerprint density at radius 3 is 2.60 bits per heavy atom. The molecule has 1 aliphatic rings. The highest BCUT2D eigenvalue weighted by molar-refractivity contribution is 9.10. The smallest absolute Gasteiger partial charge is 0.256 e. The Balaban J connectivity index is 1.66. The first-order chi connectivity index (χ1) is 12.0. The van der Waals surface area contributed by atoms with Crippen molar-refractivity contribution in [2.45, 2.75) is 13.0 Å². The molecule has 3 rings (SSSR count). The molecule has 0 saturated carbocycles. The second-order valence-corrected chi connectivity index (χ2v) is 7.05. The molecule has 25 heavy (non-hydrogen) atoms. The highest BCUT2D eigenvalue weighted by Gasteiger charge is 2.23. The lowest BCUT2D eigenvalue weighted by Crippen LogP contribution is -2.35. The van der Waals surface area contributed by atoms with E-state index in [-0.39, 0.29) is 17.3 Å². The zero-order valence-electron chi connectivity index (χ0n) is 13.7. The van der Waals surface area contributed by atoms with Crippen molar-refractivity contribution < 1.29 is 13.6 Å². The summed E-state index contributed by atoms with van der Waals surface area (Å²) in [5, 5.41) is 0. The molecule has 0 N–H and O–H groups in total. The molecule has 1 saturated heterocycles. The molecule has 132 valence electrons. The van der Waals surface area contributed by atoms with Crippen molar-refractivity contribution in [1.82, 2.24) is 9.80 Å². The van der Waals surface area contributed by atoms with Crippen LogP contribution in [0.25, 0.3) is 0 Å². The van der Waals surface area contributed by atoms with Gasteiger partial charge in [0.05, 0.1) is 5.56 Å². The van der Waals surface area contributed by atoms with Crippen molar-refractivity contribution in [3.05, 3.63) is 69.7 Å². The molecule has 1 fully saturated rings. The lowest BCUT2D eigenvalue weighted by Gasteiger charge is -2.22. The van der Waals surface area contributed by atoms with E-state index in [9.17, 15) is 13.6 Å². The normalized spacial score (nSPS) is 15.9. The first kappa shape index (κ1) is 18.0. The zero-order valence-corrected chi connectivity index (χ0v) is 15.3. The van der Waals surface area contributed by atoms with E-state index >= 15 is 0 Å². The van der Waals surface area contributed by atoms with Crippen molar-refractivity contribution >= 4 is 21.8 Å². The van der Waals surface area contributed by atoms with Gasteiger partial charge in [-0.15, -0.1) is 0 Å². The van der Waals surface area contributed by atoms with Crippen LogP contribution in [0.15, 0.2) is 46.9 Å². The van der Waals surface area contributed by atoms with Gasteiger partial charge < -0.3 is 4.90 Å². The van der Waals surface area contributed by atoms with E-state index in [0.29, 0.717) is 36.2 Å². The van der Waals surface area contributed by atoms with E-state index in [1.54, 1.807) is 23.1 Å². The number of hydrogen-bond acceptors (Lipinski definition) is 2. The number of halogens is 3. The molecule has 3 nitrogen and oxygen atoms in total. The Morgan fingerprint density at radius 2 is 1.80 bits per heavy atom. The van der Waals surface area contributed by atoms with Crippen molar-refractivity contribution in [2.24, 2.45) is 0 Å². The number of amides is 1. The molecule has 1 amide bonds. The number of carbonyl (C=O) groups is 1. The Hall–Kier alpha value is -1.79. The minimum atomic E-state index is -0.513. The van der Waals surface area contributed by atoms with Crippen LogP contribution in [-0.4, -0.2) is 41.9 Å². The fourth-order valence-corrected chi connectivity index (χ4v) is 3.39. The van der Waals surface area contributed by atoms with Crippen LogP contribution in [0.3, 0.4) is 0 Å². The van der Waals surface area contributed by atoms with Crippen LogP contribution >= 0.6 is 15.9 Å². The summed E-state index contributed by atoms with van der Waals surface area (Å²) in [6.45, 7) is 2.99. The fourth-order valence-electron chi connectivity index (χ4n) is 3.03. The molecule has 0 bridgehead atoms. The van der Waals surface area contributed by atoms with Gasteiger partial charge in [-0.05, 0) is 30.7 Å². The second kappa shape index (κ2) is 8.06. The largest absolute Gasteiger partial charge is 0.337 e. The van der Waals surface area contributed by atoms with Crippen LogP contribution in [0.1, 0.15) is 22.3 Å². The molecular formula is C19H19BrF2N2O. The third-order valence-electron chi connectivity index (χ3n) is 4.39. The minimum Gasteiger partial charge on any atom is -0.337 e. The molecule has 0 radical (unpaired) electrons. The predicted octanol–water partition coefficient (Wildman–Crippen LogP) is 4.08. The van der Waals surface area contributed by atoms with Gasteiger partial charge in [-0.1, -0.05) is 34.1 Å². The van der Waals surface area contributed by atoms with Gasteiger partial charge in [0, 0.05) is 42.8 Å². The van der Waals surface area contributed by atoms with Gasteiger partial charge in [-0.25, -0.2) is 8.78 Å². The molecule has 0 aromatic heterocycles. The van der Waals surface area contributed by atoms with Crippen molar-refractivity contribution in [3.63, 3.8) is 0 Å². The number of rotatable bonds is 3. The van der Waals surface area contributed by atoms with E-state index in [2.05, 4.69) is 20.8 Å². The first-order valence-corrected chi connectivity index (χ1v) is 9.04. The first-order valence-electron chi connectivity index (χ1n) is 8.24. The summed E-state index contributed by atoms with van der Waals surface area (Å²) in [5.41, 5.74) is 0.734. The molecule has 0 unspecified atom stereocenters. The molecule has 6 heteroatoms. The summed E-state index contributed by atoms with van der Waals surface area (Å²) in [5.74, 6) is -1.02. The number of carbonyl (C=O) groups excluding carboxylic acids is 1. The summed E-state index contributed by atoms with van der Waals surface area (Å²) in [4.78, 5) is 16.4. The molecule has 1 heterocycles. The highest BCUT2D eigenvalue weighted by Crippen LogP contribution is 2.19. The van der Waals surface area contributed by atoms with Crippen LogP contribution in [0.5, 0.6) is 0 Å². The van der Waals surface area contributed by atoms with Gasteiger partial charge in [0.1, 0.15) is 11.6 Å². The topological polar surface area (TPSA) is 23.6 Å². The van der Waals surface area contributed by atoms with Crippen LogP contribution in [0.2, 0.25) is 0 Å². The van der Waals surface area contributed by atoms with Crippen molar-refractivity contribution in [3.8, 4) is 0 Å². The van der Waals surface area contributed by atoms with Crippen LogP contribution in [0, 0.1) is 11.6 Å². The lowest BCUT2D eigenvalue weighted by molar-refractivity contribution is 0.0756. The number of hydrogen-bond donors (Lipinski definition) is 0. The Kier molecular flexibility index (Phi) is 5.81. The Bertz CT molecular complexity index is 769. The second-order valence-electron chi connectivity index (χ2n) is 6.14. The molecule has 0 atom stereocenters. The summed E-state index contributed by atoms with van der Waals surface area (Å²) < 4.78 is 28.5. The Morgan fingerprint density at radius 1 is 1.00 bits per heavy atom. The van der Waals surface area contributed by atoms with Crippen molar-refractivity contribution in [1.29, 1.82) is 0 Å². The summed E-state index contributed by atoms with van der Waals surface area (Å²) in [6, 6.07) is 11.1. The quantitative estimate of drug-likeness (QED) is 0.763. The standard InChI is InChI=1S/C19H19BrF2N2O/c20-15-6-7-18(22)16(12-15)19(25)24-9-3-8-23(10-11-24)13-14-4-1-2-5-17(14)21/h1-2,4-7,12H,3,8-11,13H2. The molecule has 0 spiro atoms. The summed E-state index contributed by atoms with van der Waals surface area (Å²) in [6.07, 6.45) is 0.774. The van der Waals surface area contributed by atoms with E-state index in [0.717, 1.165) is 13.0 Å². The fraction of sp³-hybridized carbons (Fsp3) is 0.316. The van der Waals surface area contributed by atoms with Crippen molar-refractivity contribution in [2.75, 3.05) is 26.2 Å². The van der Waals surface area contributed by atoms with Gasteiger partial charge in [-0.2, -0.15) is 0 Å². The number of benzene rings is 2. The molecule has 1 aliphatic heterocycles. The third-order valence-corrected chi connectivity index (χ3v) is 4.88. The van der Waals surface area contributed by atoms with E-state index in [4.69, 9.17) is 0 Å². The lowest BCUT2D eigenvalue weighted by atomic mass is 10.2. The van der Waals surface area contributed by atoms with Gasteiger partial charge in [-0.3, -0.25) is 9.69 Å². The summed E-state index contributed by atoms with van der Waals surface area (Å²) in [7, 11) is 0. The SMILES string of the molecule is O=C(c1cc(Br)ccc1F)N1CCCN(Cc2ccccc2F)CC1. The average molecular weight is 409 g/mol. The summed E-state index contributed by atoms with van der Waals surface area (Å²) >= 11 is 3.28. The average Bonchev–Trinajstić information content (AvgIpc) is 2.84. The van der Waals surface area contributed by atoms with Crippen LogP contribution in [-0.2, 0) is 6.54 Å². The maximum atomic E-state index is 14.0. The van der Waals surface area contributed by atoms with E-state index in [1.165, 1.54) is 18.2 Å². The highest BCUT2D eigenvalue weighted by atomic mass is 79.9. The van der Waals surface area contributed by atoms with E-state index in [1.807, 2.05) is 6.07 Å². The van der Waals surface area contributed by atoms with Gasteiger partial charge in [0.2, 0.25) is 0 Å². The maximum absolute atomic E-state index is 14.0. The predicted molar refractivity (Wildman–Crippen MR) is 96.3 cm³/mol. The number of nitrogens with zero attached hydrogens (tertiary/aromatic N) is 2. The van der Waals surface area contributed by atoms with Gasteiger partial charge >= 0.3 is 0 Å². The van der Waals surface area contributed by atoms with Crippen LogP contribution < -0.4 is 0 Å².